The smallest absolute Gasteiger partial charge is 0.269 e. The highest BCUT2D eigenvalue weighted by molar-refractivity contribution is 7.99. The van der Waals surface area contributed by atoms with Crippen molar-refractivity contribution in [1.29, 1.82) is 0 Å². The molecule has 0 bridgehead atoms. The number of rotatable bonds is 6. The molecule has 2 rings (SSSR count). The number of nitrogens with one attached hydrogen (secondary N) is 2. The van der Waals surface area contributed by atoms with Gasteiger partial charge in [-0.25, -0.2) is 0 Å². The highest BCUT2D eigenvalue weighted by Gasteiger charge is 2.07. The average Bonchev–Trinajstić information content (AvgIpc) is 2.57. The molecule has 0 aliphatic rings. The zero-order valence-electron chi connectivity index (χ0n) is 12.4. The van der Waals surface area contributed by atoms with Crippen molar-refractivity contribution in [2.24, 2.45) is 0 Å². The fraction of sp³-hybridized carbons (Fsp3) is 0.176. The van der Waals surface area contributed by atoms with Crippen molar-refractivity contribution >= 4 is 35.2 Å². The number of hydrazine groups is 1. The molecule has 2 N–H and O–H groups in total. The molecule has 0 spiro atoms. The Balaban J connectivity index is 1.64. The van der Waals surface area contributed by atoms with Crippen molar-refractivity contribution in [3.05, 3.63) is 65.2 Å². The fourth-order valence-electron chi connectivity index (χ4n) is 1.83. The molecule has 6 heteroatoms. The third-order valence-corrected chi connectivity index (χ3v) is 4.30. The molecule has 0 saturated heterocycles. The van der Waals surface area contributed by atoms with E-state index in [0.717, 1.165) is 12.2 Å². The first-order valence-electron chi connectivity index (χ1n) is 7.18. The number of hydrogen-bond donors (Lipinski definition) is 2. The predicted molar refractivity (Wildman–Crippen MR) is 93.5 cm³/mol. The van der Waals surface area contributed by atoms with Crippen LogP contribution in [-0.2, 0) is 4.79 Å². The Morgan fingerprint density at radius 3 is 2.52 bits per heavy atom. The highest BCUT2D eigenvalue weighted by Crippen LogP contribution is 2.18. The minimum Gasteiger partial charge on any atom is -0.273 e. The molecule has 0 unspecified atom stereocenters. The van der Waals surface area contributed by atoms with Crippen LogP contribution in [0.2, 0.25) is 5.02 Å². The number of thioether (sulfide) groups is 1. The topological polar surface area (TPSA) is 58.2 Å². The molecule has 0 fully saturated rings. The molecule has 2 aromatic carbocycles. The van der Waals surface area contributed by atoms with Crippen LogP contribution in [0.4, 0.5) is 0 Å². The Hall–Kier alpha value is -1.98. The van der Waals surface area contributed by atoms with Crippen LogP contribution in [0.15, 0.2) is 59.5 Å². The molecule has 120 valence electrons. The Labute approximate surface area is 144 Å². The molecule has 2 amide bonds. The lowest BCUT2D eigenvalue weighted by molar-refractivity contribution is -0.121. The summed E-state index contributed by atoms with van der Waals surface area (Å²) in [6.45, 7) is 0. The van der Waals surface area contributed by atoms with E-state index in [0.29, 0.717) is 17.0 Å². The van der Waals surface area contributed by atoms with Crippen LogP contribution < -0.4 is 10.9 Å². The van der Waals surface area contributed by atoms with E-state index >= 15 is 0 Å². The predicted octanol–water partition coefficient (Wildman–Crippen LogP) is 3.67. The molecule has 23 heavy (non-hydrogen) atoms. The summed E-state index contributed by atoms with van der Waals surface area (Å²) in [4.78, 5) is 24.7. The van der Waals surface area contributed by atoms with Crippen LogP contribution in [0.3, 0.4) is 0 Å². The maximum Gasteiger partial charge on any atom is 0.269 e. The zero-order valence-corrected chi connectivity index (χ0v) is 14.0. The molecule has 2 aromatic rings. The van der Waals surface area contributed by atoms with E-state index in [1.54, 1.807) is 36.0 Å². The standard InChI is InChI=1S/C17H17ClN2O2S/c18-14-7-4-6-13(12-14)17(22)20-19-16(21)10-5-11-23-15-8-2-1-3-9-15/h1-4,6-9,12H,5,10-11H2,(H,19,21)(H,20,22). The second-order valence-electron chi connectivity index (χ2n) is 4.78. The maximum absolute atomic E-state index is 11.8. The molecule has 0 heterocycles. The first-order valence-corrected chi connectivity index (χ1v) is 8.54. The van der Waals surface area contributed by atoms with Gasteiger partial charge in [-0.1, -0.05) is 35.9 Å². The molecule has 0 aromatic heterocycles. The zero-order chi connectivity index (χ0) is 16.5. The molecule has 0 atom stereocenters. The Morgan fingerprint density at radius 2 is 1.78 bits per heavy atom. The van der Waals surface area contributed by atoms with Gasteiger partial charge in [0.05, 0.1) is 0 Å². The lowest BCUT2D eigenvalue weighted by Crippen LogP contribution is -2.41. The molecule has 0 radical (unpaired) electrons. The molecule has 4 nitrogen and oxygen atoms in total. The van der Waals surface area contributed by atoms with Crippen molar-refractivity contribution in [3.63, 3.8) is 0 Å². The minimum absolute atomic E-state index is 0.214. The summed E-state index contributed by atoms with van der Waals surface area (Å²) in [5.41, 5.74) is 5.19. The Bertz CT molecular complexity index is 665. The van der Waals surface area contributed by atoms with Gasteiger partial charge in [-0.15, -0.1) is 11.8 Å². The summed E-state index contributed by atoms with van der Waals surface area (Å²) >= 11 is 7.52. The van der Waals surface area contributed by atoms with E-state index in [4.69, 9.17) is 11.6 Å². The Kier molecular flexibility index (Phi) is 6.97. The summed E-state index contributed by atoms with van der Waals surface area (Å²) < 4.78 is 0. The summed E-state index contributed by atoms with van der Waals surface area (Å²) in [6.07, 6.45) is 1.09. The first kappa shape index (κ1) is 17.4. The quantitative estimate of drug-likeness (QED) is 0.475. The lowest BCUT2D eigenvalue weighted by Gasteiger charge is -2.07. The SMILES string of the molecule is O=C(CCCSc1ccccc1)NNC(=O)c1cccc(Cl)c1. The van der Waals surface area contributed by atoms with E-state index in [1.165, 1.54) is 4.90 Å². The highest BCUT2D eigenvalue weighted by atomic mass is 35.5. The van der Waals surface area contributed by atoms with E-state index in [2.05, 4.69) is 10.9 Å². The third-order valence-electron chi connectivity index (χ3n) is 2.96. The van der Waals surface area contributed by atoms with Gasteiger partial charge < -0.3 is 0 Å². The number of hydrogen-bond acceptors (Lipinski definition) is 3. The van der Waals surface area contributed by atoms with Gasteiger partial charge in [0.15, 0.2) is 0 Å². The second-order valence-corrected chi connectivity index (χ2v) is 6.38. The van der Waals surface area contributed by atoms with Crippen molar-refractivity contribution < 1.29 is 9.59 Å². The molecule has 0 aliphatic carbocycles. The van der Waals surface area contributed by atoms with Crippen LogP contribution in [0.25, 0.3) is 0 Å². The summed E-state index contributed by atoms with van der Waals surface area (Å²) in [7, 11) is 0. The summed E-state index contributed by atoms with van der Waals surface area (Å²) in [6, 6.07) is 16.6. The van der Waals surface area contributed by atoms with Crippen molar-refractivity contribution in [3.8, 4) is 0 Å². The monoisotopic (exact) mass is 348 g/mol. The number of carbonyl (C=O) groups excluding carboxylic acids is 2. The average molecular weight is 349 g/mol. The third kappa shape index (κ3) is 6.34. The van der Waals surface area contributed by atoms with Crippen LogP contribution in [0, 0.1) is 0 Å². The van der Waals surface area contributed by atoms with E-state index < -0.39 is 0 Å². The van der Waals surface area contributed by atoms with Gasteiger partial charge in [-0.2, -0.15) is 0 Å². The Morgan fingerprint density at radius 1 is 1.00 bits per heavy atom. The van der Waals surface area contributed by atoms with Gasteiger partial charge in [0.25, 0.3) is 5.91 Å². The molecule has 0 aliphatic heterocycles. The van der Waals surface area contributed by atoms with Crippen molar-refractivity contribution in [2.45, 2.75) is 17.7 Å². The second kappa shape index (κ2) is 9.22. The van der Waals surface area contributed by atoms with Gasteiger partial charge in [-0.3, -0.25) is 20.4 Å². The molecular weight excluding hydrogens is 332 g/mol. The van der Waals surface area contributed by atoms with Crippen LogP contribution in [0.1, 0.15) is 23.2 Å². The van der Waals surface area contributed by atoms with Crippen molar-refractivity contribution in [1.82, 2.24) is 10.9 Å². The number of benzene rings is 2. The minimum atomic E-state index is -0.389. The van der Waals surface area contributed by atoms with Gasteiger partial charge in [0.1, 0.15) is 0 Å². The lowest BCUT2D eigenvalue weighted by atomic mass is 10.2. The van der Waals surface area contributed by atoms with Crippen molar-refractivity contribution in [2.75, 3.05) is 5.75 Å². The van der Waals surface area contributed by atoms with Crippen LogP contribution >= 0.6 is 23.4 Å². The van der Waals surface area contributed by atoms with E-state index in [1.807, 2.05) is 30.3 Å². The fourth-order valence-corrected chi connectivity index (χ4v) is 2.89. The largest absolute Gasteiger partial charge is 0.273 e. The molecular formula is C17H17ClN2O2S. The van der Waals surface area contributed by atoms with Gasteiger partial charge in [0.2, 0.25) is 5.91 Å². The maximum atomic E-state index is 11.8. The number of halogens is 1. The normalized spacial score (nSPS) is 10.1. The van der Waals surface area contributed by atoms with E-state index in [9.17, 15) is 9.59 Å². The summed E-state index contributed by atoms with van der Waals surface area (Å²) in [5.74, 6) is 0.244. The van der Waals surface area contributed by atoms with Crippen LogP contribution in [0.5, 0.6) is 0 Å². The first-order chi connectivity index (χ1) is 11.1. The van der Waals surface area contributed by atoms with Gasteiger partial charge in [0, 0.05) is 21.9 Å². The van der Waals surface area contributed by atoms with Gasteiger partial charge in [-0.05, 0) is 42.5 Å². The number of amides is 2. The van der Waals surface area contributed by atoms with E-state index in [-0.39, 0.29) is 11.8 Å². The molecule has 0 saturated carbocycles. The van der Waals surface area contributed by atoms with Gasteiger partial charge >= 0.3 is 0 Å². The van der Waals surface area contributed by atoms with Crippen LogP contribution in [-0.4, -0.2) is 17.6 Å². The number of carbonyl (C=O) groups is 2. The summed E-state index contributed by atoms with van der Waals surface area (Å²) in [5, 5.41) is 0.474.